The lowest BCUT2D eigenvalue weighted by molar-refractivity contribution is 0.0693. The number of carboxylic acids is 1. The number of carboxylic acid groups (broad SMARTS) is 1. The molecule has 0 aliphatic carbocycles. The first-order valence-electron chi connectivity index (χ1n) is 5.20. The summed E-state index contributed by atoms with van der Waals surface area (Å²) in [6.45, 7) is 1.50. The van der Waals surface area contributed by atoms with Crippen molar-refractivity contribution in [3.05, 3.63) is 47.9 Å². The maximum Gasteiger partial charge on any atom is 0.343 e. The minimum Gasteiger partial charge on any atom is -0.477 e. The van der Waals surface area contributed by atoms with Gasteiger partial charge >= 0.3 is 5.97 Å². The first-order valence-corrected chi connectivity index (χ1v) is 7.07. The monoisotopic (exact) mass is 434 g/mol. The van der Waals surface area contributed by atoms with Crippen molar-refractivity contribution in [3.8, 4) is 11.4 Å². The molecule has 0 saturated heterocycles. The molecule has 0 bridgehead atoms. The Morgan fingerprint density at radius 2 is 2.16 bits per heavy atom. The molecule has 0 amide bonds. The summed E-state index contributed by atoms with van der Waals surface area (Å²) in [5.41, 5.74) is -0.0766. The van der Waals surface area contributed by atoms with E-state index < -0.39 is 11.5 Å². The minimum atomic E-state index is -1.28. The Hall–Kier alpha value is -1.22. The minimum absolute atomic E-state index is 0.192. The zero-order chi connectivity index (χ0) is 14.2. The fourth-order valence-corrected chi connectivity index (χ4v) is 2.57. The number of benzene rings is 1. The van der Waals surface area contributed by atoms with Crippen LogP contribution in [0.15, 0.2) is 27.5 Å². The lowest BCUT2D eigenvalue weighted by atomic mass is 10.2. The molecule has 5 nitrogen and oxygen atoms in total. The van der Waals surface area contributed by atoms with E-state index in [-0.39, 0.29) is 11.3 Å². The van der Waals surface area contributed by atoms with Gasteiger partial charge in [0.1, 0.15) is 11.4 Å². The number of aromatic nitrogens is 2. The predicted octanol–water partition coefficient (Wildman–Crippen LogP) is 2.81. The van der Waals surface area contributed by atoms with Crippen LogP contribution in [0.4, 0.5) is 0 Å². The molecule has 7 heteroatoms. The molecule has 0 unspecified atom stereocenters. The molecule has 98 valence electrons. The number of hydrogen-bond acceptors (Lipinski definition) is 3. The van der Waals surface area contributed by atoms with Crippen molar-refractivity contribution in [2.75, 3.05) is 0 Å². The van der Waals surface area contributed by atoms with Gasteiger partial charge in [0, 0.05) is 13.6 Å². The molecule has 19 heavy (non-hydrogen) atoms. The number of aryl methyl sites for hydroxylation is 1. The van der Waals surface area contributed by atoms with Crippen molar-refractivity contribution in [2.24, 2.45) is 0 Å². The summed E-state index contributed by atoms with van der Waals surface area (Å²) >= 11 is 5.53. The quantitative estimate of drug-likeness (QED) is 0.712. The summed E-state index contributed by atoms with van der Waals surface area (Å²) in [4.78, 5) is 29.4. The fraction of sp³-hybridized carbons (Fsp3) is 0.0833. The van der Waals surface area contributed by atoms with Crippen molar-refractivity contribution >= 4 is 44.5 Å². The second-order valence-corrected chi connectivity index (χ2v) is 5.90. The van der Waals surface area contributed by atoms with E-state index in [0.29, 0.717) is 11.4 Å². The van der Waals surface area contributed by atoms with Crippen LogP contribution in [0, 0.1) is 10.5 Å². The molecule has 0 spiro atoms. The van der Waals surface area contributed by atoms with Crippen molar-refractivity contribution < 1.29 is 9.90 Å². The van der Waals surface area contributed by atoms with E-state index in [9.17, 15) is 9.59 Å². The van der Waals surface area contributed by atoms with Crippen LogP contribution in [0.2, 0.25) is 0 Å². The molecule has 0 atom stereocenters. The highest BCUT2D eigenvalue weighted by Crippen LogP contribution is 2.27. The van der Waals surface area contributed by atoms with Gasteiger partial charge in [0.15, 0.2) is 0 Å². The molecular weight excluding hydrogens is 427 g/mol. The van der Waals surface area contributed by atoms with E-state index in [1.54, 1.807) is 0 Å². The van der Waals surface area contributed by atoms with E-state index in [0.717, 1.165) is 8.04 Å². The Bertz CT molecular complexity index is 727. The van der Waals surface area contributed by atoms with Gasteiger partial charge in [-0.15, -0.1) is 0 Å². The molecule has 1 aromatic heterocycles. The number of nitrogens with one attached hydrogen (secondary N) is 1. The van der Waals surface area contributed by atoms with Gasteiger partial charge in [-0.3, -0.25) is 4.79 Å². The number of hydrogen-bond donors (Lipinski definition) is 2. The molecule has 0 aliphatic heterocycles. The Balaban J connectivity index is 2.68. The number of carbonyl (C=O) groups is 1. The van der Waals surface area contributed by atoms with Gasteiger partial charge in [-0.2, -0.15) is 0 Å². The highest BCUT2D eigenvalue weighted by molar-refractivity contribution is 14.1. The predicted molar refractivity (Wildman–Crippen MR) is 82.4 cm³/mol. The molecular formula is C12H8BrIN2O3. The van der Waals surface area contributed by atoms with Gasteiger partial charge in [-0.05, 0) is 47.7 Å². The highest BCUT2D eigenvalue weighted by atomic mass is 127. The van der Waals surface area contributed by atoms with Crippen molar-refractivity contribution in [2.45, 2.75) is 6.92 Å². The molecule has 0 aliphatic rings. The van der Waals surface area contributed by atoms with Crippen LogP contribution in [0.1, 0.15) is 16.1 Å². The second-order valence-electron chi connectivity index (χ2n) is 3.80. The Kier molecular flexibility index (Phi) is 4.04. The van der Waals surface area contributed by atoms with E-state index in [1.807, 2.05) is 18.2 Å². The van der Waals surface area contributed by atoms with E-state index >= 15 is 0 Å². The largest absolute Gasteiger partial charge is 0.477 e. The summed E-state index contributed by atoms with van der Waals surface area (Å²) in [6.07, 6.45) is 0. The normalized spacial score (nSPS) is 10.5. The summed E-state index contributed by atoms with van der Waals surface area (Å²) in [6, 6.07) is 5.60. The van der Waals surface area contributed by atoms with Gasteiger partial charge in [0.25, 0.3) is 5.56 Å². The standard InChI is InChI=1S/C12H8BrIN2O3/c1-5-9(12(18)19)11(17)16-10(15-5)7-4-6(14)2-3-8(7)13/h2-4H,1H3,(H,18,19)(H,15,16,17). The highest BCUT2D eigenvalue weighted by Gasteiger charge is 2.16. The number of nitrogens with zero attached hydrogens (tertiary/aromatic N) is 1. The maximum atomic E-state index is 11.8. The number of aromatic amines is 1. The average molecular weight is 435 g/mol. The molecule has 0 radical (unpaired) electrons. The average Bonchev–Trinajstić information content (AvgIpc) is 2.30. The number of halogens is 2. The summed E-state index contributed by atoms with van der Waals surface area (Å²) in [5.74, 6) is -0.933. The molecule has 0 fully saturated rings. The third kappa shape index (κ3) is 2.86. The third-order valence-corrected chi connectivity index (χ3v) is 3.86. The topological polar surface area (TPSA) is 83.0 Å². The van der Waals surface area contributed by atoms with Crippen LogP contribution in [-0.2, 0) is 0 Å². The maximum absolute atomic E-state index is 11.8. The van der Waals surface area contributed by atoms with E-state index in [1.165, 1.54) is 6.92 Å². The molecule has 2 aromatic rings. The lowest BCUT2D eigenvalue weighted by Crippen LogP contribution is -2.21. The third-order valence-electron chi connectivity index (χ3n) is 2.50. The summed E-state index contributed by atoms with van der Waals surface area (Å²) in [5, 5.41) is 8.94. The Labute approximate surface area is 130 Å². The van der Waals surface area contributed by atoms with Crippen LogP contribution in [0.5, 0.6) is 0 Å². The fourth-order valence-electron chi connectivity index (χ4n) is 1.64. The number of aromatic carboxylic acids is 1. The smallest absolute Gasteiger partial charge is 0.343 e. The Morgan fingerprint density at radius 1 is 1.47 bits per heavy atom. The van der Waals surface area contributed by atoms with Gasteiger partial charge in [0.05, 0.1) is 5.69 Å². The molecule has 0 saturated carbocycles. The van der Waals surface area contributed by atoms with Crippen LogP contribution < -0.4 is 5.56 Å². The Morgan fingerprint density at radius 3 is 2.74 bits per heavy atom. The van der Waals surface area contributed by atoms with Gasteiger partial charge in [-0.25, -0.2) is 9.78 Å². The number of H-pyrrole nitrogens is 1. The first kappa shape index (κ1) is 14.2. The summed E-state index contributed by atoms with van der Waals surface area (Å²) in [7, 11) is 0. The zero-order valence-electron chi connectivity index (χ0n) is 9.70. The van der Waals surface area contributed by atoms with Crippen LogP contribution in [-0.4, -0.2) is 21.0 Å². The van der Waals surface area contributed by atoms with E-state index in [2.05, 4.69) is 48.5 Å². The van der Waals surface area contributed by atoms with Crippen LogP contribution >= 0.6 is 38.5 Å². The van der Waals surface area contributed by atoms with Crippen LogP contribution in [0.3, 0.4) is 0 Å². The van der Waals surface area contributed by atoms with E-state index in [4.69, 9.17) is 5.11 Å². The zero-order valence-corrected chi connectivity index (χ0v) is 13.4. The van der Waals surface area contributed by atoms with Crippen molar-refractivity contribution in [1.82, 2.24) is 9.97 Å². The van der Waals surface area contributed by atoms with Crippen LogP contribution in [0.25, 0.3) is 11.4 Å². The van der Waals surface area contributed by atoms with Gasteiger partial charge in [0.2, 0.25) is 0 Å². The van der Waals surface area contributed by atoms with Gasteiger partial charge in [-0.1, -0.05) is 15.9 Å². The molecule has 1 heterocycles. The number of rotatable bonds is 2. The first-order chi connectivity index (χ1) is 8.90. The lowest BCUT2D eigenvalue weighted by Gasteiger charge is -2.07. The summed E-state index contributed by atoms with van der Waals surface area (Å²) < 4.78 is 1.76. The molecule has 2 rings (SSSR count). The van der Waals surface area contributed by atoms with Crippen molar-refractivity contribution in [3.63, 3.8) is 0 Å². The van der Waals surface area contributed by atoms with Gasteiger partial charge < -0.3 is 10.1 Å². The van der Waals surface area contributed by atoms with Crippen molar-refractivity contribution in [1.29, 1.82) is 0 Å². The second kappa shape index (κ2) is 5.41. The molecule has 2 N–H and O–H groups in total. The molecule has 1 aromatic carbocycles. The SMILES string of the molecule is Cc1nc(-c2cc(I)ccc2Br)[nH]c(=O)c1C(=O)O.